The van der Waals surface area contributed by atoms with Gasteiger partial charge in [-0.25, -0.2) is 13.4 Å². The summed E-state index contributed by atoms with van der Waals surface area (Å²) in [6.07, 6.45) is 3.36. The molecule has 0 aliphatic carbocycles. The van der Waals surface area contributed by atoms with E-state index in [4.69, 9.17) is 11.6 Å². The maximum atomic E-state index is 12.5. The van der Waals surface area contributed by atoms with Gasteiger partial charge >= 0.3 is 0 Å². The molecule has 0 aliphatic heterocycles. The maximum Gasteiger partial charge on any atom is 0.258 e. The Bertz CT molecular complexity index is 1110. The average molecular weight is 421 g/mol. The minimum absolute atomic E-state index is 0.00850. The van der Waals surface area contributed by atoms with Gasteiger partial charge in [-0.3, -0.25) is 10.1 Å². The van der Waals surface area contributed by atoms with Crippen molar-refractivity contribution in [3.05, 3.63) is 75.3 Å². The number of carbonyl (C=O) groups is 1. The largest absolute Gasteiger partial charge is 0.298 e. The van der Waals surface area contributed by atoms with Crippen LogP contribution in [0.3, 0.4) is 0 Å². The van der Waals surface area contributed by atoms with Gasteiger partial charge in [-0.15, -0.1) is 11.3 Å². The fourth-order valence-corrected chi connectivity index (χ4v) is 4.53. The maximum absolute atomic E-state index is 12.5. The van der Waals surface area contributed by atoms with E-state index in [1.54, 1.807) is 18.3 Å². The molecule has 0 spiro atoms. The number of aryl methyl sites for hydroxylation is 1. The Kier molecular flexibility index (Phi) is 5.64. The van der Waals surface area contributed by atoms with E-state index in [1.807, 2.05) is 25.1 Å². The molecule has 0 atom stereocenters. The summed E-state index contributed by atoms with van der Waals surface area (Å²) in [5, 5.41) is 3.80. The number of hydrogen-bond acceptors (Lipinski definition) is 5. The molecule has 0 aliphatic rings. The first kappa shape index (κ1) is 19.5. The van der Waals surface area contributed by atoms with Crippen LogP contribution in [0.5, 0.6) is 0 Å². The normalized spacial score (nSPS) is 11.4. The molecule has 0 fully saturated rings. The van der Waals surface area contributed by atoms with Crippen molar-refractivity contribution < 1.29 is 13.2 Å². The SMILES string of the molecule is Cc1cccc(Cc2cnc(NC(=O)c3ccccc3S(C)(=O)=O)s2)c1Cl. The van der Waals surface area contributed by atoms with Crippen LogP contribution in [0.2, 0.25) is 5.02 Å². The van der Waals surface area contributed by atoms with Gasteiger partial charge in [0.05, 0.1) is 10.5 Å². The van der Waals surface area contributed by atoms with Crippen LogP contribution in [0.25, 0.3) is 0 Å². The number of amides is 1. The second-order valence-corrected chi connectivity index (χ2v) is 9.56. The zero-order valence-corrected chi connectivity index (χ0v) is 17.1. The van der Waals surface area contributed by atoms with Crippen LogP contribution in [-0.2, 0) is 16.3 Å². The van der Waals surface area contributed by atoms with Crippen molar-refractivity contribution >= 4 is 43.8 Å². The number of anilines is 1. The second kappa shape index (κ2) is 7.80. The van der Waals surface area contributed by atoms with Gasteiger partial charge in [-0.05, 0) is 30.2 Å². The summed E-state index contributed by atoms with van der Waals surface area (Å²) in [6, 6.07) is 11.9. The Hall–Kier alpha value is -2.22. The third-order valence-electron chi connectivity index (χ3n) is 3.94. The van der Waals surface area contributed by atoms with E-state index in [9.17, 15) is 13.2 Å². The topological polar surface area (TPSA) is 76.1 Å². The molecule has 140 valence electrons. The minimum Gasteiger partial charge on any atom is -0.298 e. The summed E-state index contributed by atoms with van der Waals surface area (Å²) in [4.78, 5) is 17.7. The molecule has 0 unspecified atom stereocenters. The molecule has 8 heteroatoms. The molecule has 27 heavy (non-hydrogen) atoms. The van der Waals surface area contributed by atoms with Crippen molar-refractivity contribution in [2.45, 2.75) is 18.2 Å². The van der Waals surface area contributed by atoms with Crippen molar-refractivity contribution in [1.29, 1.82) is 0 Å². The highest BCUT2D eigenvalue weighted by Gasteiger charge is 2.19. The number of nitrogens with one attached hydrogen (secondary N) is 1. The van der Waals surface area contributed by atoms with Crippen LogP contribution >= 0.6 is 22.9 Å². The predicted molar refractivity (Wildman–Crippen MR) is 109 cm³/mol. The van der Waals surface area contributed by atoms with Gasteiger partial charge in [-0.2, -0.15) is 0 Å². The molecule has 1 aromatic heterocycles. The molecular weight excluding hydrogens is 404 g/mol. The summed E-state index contributed by atoms with van der Waals surface area (Å²) in [7, 11) is -3.51. The Labute approximate surface area is 167 Å². The van der Waals surface area contributed by atoms with E-state index in [1.165, 1.54) is 23.5 Å². The lowest BCUT2D eigenvalue weighted by atomic mass is 10.1. The zero-order chi connectivity index (χ0) is 19.6. The number of nitrogens with zero attached hydrogens (tertiary/aromatic N) is 1. The van der Waals surface area contributed by atoms with Crippen LogP contribution in [0.15, 0.2) is 53.6 Å². The fourth-order valence-electron chi connectivity index (χ4n) is 2.62. The highest BCUT2D eigenvalue weighted by atomic mass is 35.5. The Balaban J connectivity index is 1.79. The van der Waals surface area contributed by atoms with Crippen LogP contribution in [-0.4, -0.2) is 25.6 Å². The van der Waals surface area contributed by atoms with Crippen LogP contribution < -0.4 is 5.32 Å². The summed E-state index contributed by atoms with van der Waals surface area (Å²) in [5.41, 5.74) is 2.09. The molecular formula is C19H17ClN2O3S2. The van der Waals surface area contributed by atoms with Crippen molar-refractivity contribution in [1.82, 2.24) is 4.98 Å². The van der Waals surface area contributed by atoms with Crippen molar-refractivity contribution in [2.24, 2.45) is 0 Å². The van der Waals surface area contributed by atoms with Gasteiger partial charge in [0.15, 0.2) is 15.0 Å². The van der Waals surface area contributed by atoms with E-state index >= 15 is 0 Å². The molecule has 5 nitrogen and oxygen atoms in total. The van der Waals surface area contributed by atoms with E-state index in [2.05, 4.69) is 10.3 Å². The molecule has 3 rings (SSSR count). The number of carbonyl (C=O) groups excluding carboxylic acids is 1. The molecule has 1 amide bonds. The predicted octanol–water partition coefficient (Wildman–Crippen LogP) is 4.35. The molecule has 3 aromatic rings. The van der Waals surface area contributed by atoms with Gasteiger partial charge in [-0.1, -0.05) is 41.9 Å². The van der Waals surface area contributed by atoms with Gasteiger partial charge in [0, 0.05) is 28.8 Å². The fraction of sp³-hybridized carbons (Fsp3) is 0.158. The highest BCUT2D eigenvalue weighted by Crippen LogP contribution is 2.27. The van der Waals surface area contributed by atoms with Crippen LogP contribution in [0.1, 0.15) is 26.4 Å². The number of benzene rings is 2. The number of aromatic nitrogens is 1. The first-order valence-corrected chi connectivity index (χ1v) is 11.1. The molecule has 0 bridgehead atoms. The Morgan fingerprint density at radius 2 is 1.93 bits per heavy atom. The van der Waals surface area contributed by atoms with Crippen LogP contribution in [0.4, 0.5) is 5.13 Å². The number of rotatable bonds is 5. The van der Waals surface area contributed by atoms with E-state index < -0.39 is 15.7 Å². The molecule has 0 radical (unpaired) electrons. The third-order valence-corrected chi connectivity index (χ3v) is 6.55. The van der Waals surface area contributed by atoms with Gasteiger partial charge in [0.2, 0.25) is 0 Å². The van der Waals surface area contributed by atoms with Gasteiger partial charge in [0.25, 0.3) is 5.91 Å². The zero-order valence-electron chi connectivity index (χ0n) is 14.7. The summed E-state index contributed by atoms with van der Waals surface area (Å²) < 4.78 is 23.7. The Morgan fingerprint density at radius 3 is 2.67 bits per heavy atom. The van der Waals surface area contributed by atoms with Gasteiger partial charge < -0.3 is 0 Å². The summed E-state index contributed by atoms with van der Waals surface area (Å²) >= 11 is 7.66. The van der Waals surface area contributed by atoms with E-state index in [0.29, 0.717) is 11.6 Å². The first-order chi connectivity index (χ1) is 12.8. The monoisotopic (exact) mass is 420 g/mol. The summed E-state index contributed by atoms with van der Waals surface area (Å²) in [5.74, 6) is -0.509. The third kappa shape index (κ3) is 4.55. The lowest BCUT2D eigenvalue weighted by Gasteiger charge is -2.07. The van der Waals surface area contributed by atoms with Crippen molar-refractivity contribution in [2.75, 3.05) is 11.6 Å². The number of halogens is 1. The van der Waals surface area contributed by atoms with E-state index in [-0.39, 0.29) is 10.5 Å². The highest BCUT2D eigenvalue weighted by molar-refractivity contribution is 7.90. The smallest absolute Gasteiger partial charge is 0.258 e. The standard InChI is InChI=1S/C19H17ClN2O3S2/c1-12-6-5-7-13(17(12)20)10-14-11-21-19(26-14)22-18(23)15-8-3-4-9-16(15)27(2,24)25/h3-9,11H,10H2,1-2H3,(H,21,22,23). The van der Waals surface area contributed by atoms with Crippen molar-refractivity contribution in [3.63, 3.8) is 0 Å². The molecule has 2 aromatic carbocycles. The quantitative estimate of drug-likeness (QED) is 0.665. The van der Waals surface area contributed by atoms with Crippen molar-refractivity contribution in [3.8, 4) is 0 Å². The number of hydrogen-bond donors (Lipinski definition) is 1. The number of thiazole rings is 1. The second-order valence-electron chi connectivity index (χ2n) is 6.08. The molecule has 1 heterocycles. The summed E-state index contributed by atoms with van der Waals surface area (Å²) in [6.45, 7) is 1.95. The molecule has 1 N–H and O–H groups in total. The Morgan fingerprint density at radius 1 is 1.19 bits per heavy atom. The van der Waals surface area contributed by atoms with Gasteiger partial charge in [0.1, 0.15) is 0 Å². The minimum atomic E-state index is -3.51. The lowest BCUT2D eigenvalue weighted by molar-refractivity contribution is 0.102. The number of sulfone groups is 1. The lowest BCUT2D eigenvalue weighted by Crippen LogP contribution is -2.15. The molecule has 0 saturated carbocycles. The average Bonchev–Trinajstić information content (AvgIpc) is 3.05. The van der Waals surface area contributed by atoms with E-state index in [0.717, 1.165) is 27.3 Å². The molecule has 0 saturated heterocycles. The van der Waals surface area contributed by atoms with Crippen LogP contribution in [0, 0.1) is 6.92 Å². The first-order valence-electron chi connectivity index (χ1n) is 8.05.